The molecule has 0 aliphatic rings. The van der Waals surface area contributed by atoms with Crippen LogP contribution in [-0.4, -0.2) is 21.0 Å². The number of carbonyl (C=O) groups excluding carboxylic acids is 1. The predicted molar refractivity (Wildman–Crippen MR) is 113 cm³/mol. The summed E-state index contributed by atoms with van der Waals surface area (Å²) in [6.45, 7) is 3.79. The van der Waals surface area contributed by atoms with Gasteiger partial charge in [0, 0.05) is 22.9 Å². The van der Waals surface area contributed by atoms with Gasteiger partial charge in [-0.25, -0.2) is 9.97 Å². The van der Waals surface area contributed by atoms with Gasteiger partial charge in [0.05, 0.1) is 21.8 Å². The number of carbonyl (C=O) groups is 1. The van der Waals surface area contributed by atoms with Crippen LogP contribution in [0.1, 0.15) is 27.4 Å². The molecule has 4 rings (SSSR count). The van der Waals surface area contributed by atoms with Crippen LogP contribution in [0.15, 0.2) is 50.8 Å². The molecule has 9 heteroatoms. The molecule has 0 atom stereocenters. The number of aryl methyl sites for hydroxylation is 2. The lowest BCUT2D eigenvalue weighted by molar-refractivity contribution is 0.102. The van der Waals surface area contributed by atoms with E-state index in [1.165, 1.54) is 23.1 Å². The number of hydrogen-bond donors (Lipinski definition) is 1. The van der Waals surface area contributed by atoms with Crippen molar-refractivity contribution in [1.82, 2.24) is 15.1 Å². The quantitative estimate of drug-likeness (QED) is 0.413. The monoisotopic (exact) mass is 428 g/mol. The summed E-state index contributed by atoms with van der Waals surface area (Å²) in [5.74, 6) is 1.20. The molecule has 6 nitrogen and oxygen atoms in total. The van der Waals surface area contributed by atoms with Gasteiger partial charge in [-0.15, -0.1) is 34.4 Å². The summed E-state index contributed by atoms with van der Waals surface area (Å²) in [6, 6.07) is 7.52. The number of nitrogens with one attached hydrogen (secondary N) is 1. The highest BCUT2D eigenvalue weighted by Crippen LogP contribution is 2.30. The Morgan fingerprint density at radius 2 is 2.14 bits per heavy atom. The lowest BCUT2D eigenvalue weighted by Gasteiger charge is -2.07. The van der Waals surface area contributed by atoms with Gasteiger partial charge in [-0.2, -0.15) is 0 Å². The van der Waals surface area contributed by atoms with E-state index in [1.807, 2.05) is 36.7 Å². The van der Waals surface area contributed by atoms with E-state index in [0.29, 0.717) is 21.5 Å². The zero-order valence-electron chi connectivity index (χ0n) is 15.1. The molecule has 0 radical (unpaired) electrons. The highest BCUT2D eigenvalue weighted by molar-refractivity contribution is 7.98. The Bertz CT molecular complexity index is 1080. The number of nitrogens with zero attached hydrogens (tertiary/aromatic N) is 3. The molecular weight excluding hydrogens is 412 g/mol. The van der Waals surface area contributed by atoms with Gasteiger partial charge < -0.3 is 4.52 Å². The van der Waals surface area contributed by atoms with Crippen LogP contribution in [0, 0.1) is 13.8 Å². The number of hydrogen-bond acceptors (Lipinski definition) is 8. The molecule has 0 aliphatic heterocycles. The van der Waals surface area contributed by atoms with Crippen LogP contribution in [0.2, 0.25) is 0 Å². The van der Waals surface area contributed by atoms with E-state index >= 15 is 0 Å². The van der Waals surface area contributed by atoms with Crippen LogP contribution in [0.3, 0.4) is 0 Å². The van der Waals surface area contributed by atoms with E-state index in [0.717, 1.165) is 27.6 Å². The molecule has 0 fully saturated rings. The number of rotatable bonds is 6. The van der Waals surface area contributed by atoms with Gasteiger partial charge in [-0.05, 0) is 37.4 Å². The molecule has 0 saturated carbocycles. The van der Waals surface area contributed by atoms with E-state index in [1.54, 1.807) is 29.7 Å². The maximum absolute atomic E-state index is 12.8. The minimum Gasteiger partial charge on any atom is -0.361 e. The van der Waals surface area contributed by atoms with Crippen LogP contribution in [-0.2, 0) is 5.75 Å². The van der Waals surface area contributed by atoms with Crippen LogP contribution in [0.4, 0.5) is 5.13 Å². The maximum atomic E-state index is 12.8. The van der Waals surface area contributed by atoms with E-state index in [4.69, 9.17) is 4.52 Å². The second-order valence-corrected chi connectivity index (χ2v) is 8.69. The third-order valence-corrected chi connectivity index (χ3v) is 6.73. The SMILES string of the molecule is Cc1noc(C)c1CSc1ncccc1C(=O)Nc1nc(-c2cccs2)cs1. The fourth-order valence-corrected chi connectivity index (χ4v) is 5.17. The van der Waals surface area contributed by atoms with Gasteiger partial charge in [-0.3, -0.25) is 10.1 Å². The lowest BCUT2D eigenvalue weighted by Crippen LogP contribution is -2.13. The standard InChI is InChI=1S/C19H16N4O2S3/c1-11-14(12(2)25-23-11)9-27-18-13(5-3-7-20-18)17(24)22-19-21-15(10-28-19)16-6-4-8-26-16/h3-8,10H,9H2,1-2H3,(H,21,22,24). The first-order chi connectivity index (χ1) is 13.6. The van der Waals surface area contributed by atoms with Gasteiger partial charge in [0.1, 0.15) is 10.8 Å². The normalized spacial score (nSPS) is 10.9. The van der Waals surface area contributed by atoms with Crippen molar-refractivity contribution < 1.29 is 9.32 Å². The van der Waals surface area contributed by atoms with Gasteiger partial charge in [-0.1, -0.05) is 11.2 Å². The molecule has 0 aliphatic carbocycles. The smallest absolute Gasteiger partial charge is 0.260 e. The molecule has 0 saturated heterocycles. The molecule has 0 unspecified atom stereocenters. The Morgan fingerprint density at radius 1 is 1.25 bits per heavy atom. The summed E-state index contributed by atoms with van der Waals surface area (Å²) in [6.07, 6.45) is 1.69. The van der Waals surface area contributed by atoms with Gasteiger partial charge in [0.25, 0.3) is 5.91 Å². The largest absolute Gasteiger partial charge is 0.361 e. The maximum Gasteiger partial charge on any atom is 0.260 e. The number of amides is 1. The van der Waals surface area contributed by atoms with Crippen molar-refractivity contribution in [2.45, 2.75) is 24.6 Å². The lowest BCUT2D eigenvalue weighted by atomic mass is 10.2. The van der Waals surface area contributed by atoms with Crippen molar-refractivity contribution in [3.05, 3.63) is 63.8 Å². The van der Waals surface area contributed by atoms with E-state index < -0.39 is 0 Å². The van der Waals surface area contributed by atoms with Crippen LogP contribution in [0.25, 0.3) is 10.6 Å². The molecule has 4 aromatic heterocycles. The molecule has 0 spiro atoms. The predicted octanol–water partition coefficient (Wildman–Crippen LogP) is 5.42. The fraction of sp³-hybridized carbons (Fsp3) is 0.158. The highest BCUT2D eigenvalue weighted by Gasteiger charge is 2.17. The fourth-order valence-electron chi connectivity index (χ4n) is 2.56. The third-order valence-electron chi connectivity index (χ3n) is 4.05. The van der Waals surface area contributed by atoms with Crippen molar-refractivity contribution in [3.8, 4) is 10.6 Å². The van der Waals surface area contributed by atoms with E-state index in [9.17, 15) is 4.79 Å². The van der Waals surface area contributed by atoms with Crippen molar-refractivity contribution in [1.29, 1.82) is 0 Å². The molecule has 28 heavy (non-hydrogen) atoms. The Labute approximate surface area is 174 Å². The molecular formula is C19H16N4O2S3. The molecule has 1 amide bonds. The van der Waals surface area contributed by atoms with Crippen molar-refractivity contribution >= 4 is 45.5 Å². The minimum atomic E-state index is -0.221. The summed E-state index contributed by atoms with van der Waals surface area (Å²) in [4.78, 5) is 22.8. The van der Waals surface area contributed by atoms with Crippen LogP contribution in [0.5, 0.6) is 0 Å². The molecule has 0 aromatic carbocycles. The van der Waals surface area contributed by atoms with Gasteiger partial charge in [0.15, 0.2) is 5.13 Å². The van der Waals surface area contributed by atoms with Gasteiger partial charge >= 0.3 is 0 Å². The highest BCUT2D eigenvalue weighted by atomic mass is 32.2. The van der Waals surface area contributed by atoms with Crippen LogP contribution < -0.4 is 5.32 Å². The third kappa shape index (κ3) is 4.01. The average molecular weight is 429 g/mol. The molecule has 4 heterocycles. The second kappa shape index (κ2) is 8.26. The van der Waals surface area contributed by atoms with Crippen molar-refractivity contribution in [2.24, 2.45) is 0 Å². The number of pyridine rings is 1. The Balaban J connectivity index is 1.49. The molecule has 0 bridgehead atoms. The summed E-state index contributed by atoms with van der Waals surface area (Å²) in [5, 5.41) is 12.0. The number of thioether (sulfide) groups is 1. The summed E-state index contributed by atoms with van der Waals surface area (Å²) < 4.78 is 5.20. The zero-order valence-corrected chi connectivity index (χ0v) is 17.6. The zero-order chi connectivity index (χ0) is 19.5. The minimum absolute atomic E-state index is 0.221. The molecule has 4 aromatic rings. The first-order valence-electron chi connectivity index (χ1n) is 8.42. The second-order valence-electron chi connectivity index (χ2n) is 5.92. The summed E-state index contributed by atoms with van der Waals surface area (Å²) in [5.41, 5.74) is 3.28. The first-order valence-corrected chi connectivity index (χ1v) is 11.2. The number of thiophene rings is 1. The Hall–Kier alpha value is -2.49. The number of anilines is 1. The summed E-state index contributed by atoms with van der Waals surface area (Å²) >= 11 is 4.52. The topological polar surface area (TPSA) is 80.9 Å². The summed E-state index contributed by atoms with van der Waals surface area (Å²) in [7, 11) is 0. The van der Waals surface area contributed by atoms with Crippen LogP contribution >= 0.6 is 34.4 Å². The van der Waals surface area contributed by atoms with Crippen molar-refractivity contribution in [2.75, 3.05) is 5.32 Å². The van der Waals surface area contributed by atoms with E-state index in [2.05, 4.69) is 20.4 Å². The Kier molecular flexibility index (Phi) is 5.56. The molecule has 1 N–H and O–H groups in total. The Morgan fingerprint density at radius 3 is 2.89 bits per heavy atom. The molecule has 142 valence electrons. The average Bonchev–Trinajstić information content (AvgIpc) is 3.43. The number of thiazole rings is 1. The van der Waals surface area contributed by atoms with Gasteiger partial charge in [0.2, 0.25) is 0 Å². The number of aromatic nitrogens is 3. The first kappa shape index (κ1) is 18.9. The van der Waals surface area contributed by atoms with E-state index in [-0.39, 0.29) is 5.91 Å². The van der Waals surface area contributed by atoms with Crippen molar-refractivity contribution in [3.63, 3.8) is 0 Å².